The van der Waals surface area contributed by atoms with Gasteiger partial charge in [0.2, 0.25) is 0 Å². The molecule has 0 spiro atoms. The predicted molar refractivity (Wildman–Crippen MR) is 54.6 cm³/mol. The average molecular weight is 182 g/mol. The zero-order valence-corrected chi connectivity index (χ0v) is 9.64. The highest BCUT2D eigenvalue weighted by Gasteiger charge is 2.39. The van der Waals surface area contributed by atoms with Gasteiger partial charge in [-0.1, -0.05) is 39.4 Å². The Labute approximate surface area is 76.5 Å². The van der Waals surface area contributed by atoms with Gasteiger partial charge in [-0.25, -0.2) is 0 Å². The molecule has 2 atom stereocenters. The Morgan fingerprint density at radius 1 is 1.25 bits per heavy atom. The normalized spacial score (nSPS) is 28.2. The molecular formula is C10H18OSi. The van der Waals surface area contributed by atoms with E-state index in [4.69, 9.17) is 4.74 Å². The molecule has 1 nitrogen and oxygen atoms in total. The Morgan fingerprint density at radius 3 is 2.17 bits per heavy atom. The number of epoxide rings is 1. The molecule has 0 aliphatic carbocycles. The SMILES string of the molecule is CC(C)[C@H]1O[C@H]1C#C[Si](C)(C)C. The molecular weight excluding hydrogens is 164 g/mol. The molecule has 0 aromatic carbocycles. The van der Waals surface area contributed by atoms with E-state index >= 15 is 0 Å². The van der Waals surface area contributed by atoms with E-state index < -0.39 is 8.07 Å². The van der Waals surface area contributed by atoms with Crippen LogP contribution in [0.5, 0.6) is 0 Å². The molecule has 0 bridgehead atoms. The summed E-state index contributed by atoms with van der Waals surface area (Å²) in [6, 6.07) is 0. The zero-order chi connectivity index (χ0) is 9.35. The summed E-state index contributed by atoms with van der Waals surface area (Å²) in [4.78, 5) is 0. The van der Waals surface area contributed by atoms with Gasteiger partial charge in [0.05, 0.1) is 6.10 Å². The molecule has 1 saturated heterocycles. The van der Waals surface area contributed by atoms with Crippen LogP contribution in [0.25, 0.3) is 0 Å². The Balaban J connectivity index is 2.40. The van der Waals surface area contributed by atoms with Crippen molar-refractivity contribution in [3.8, 4) is 11.5 Å². The van der Waals surface area contributed by atoms with Crippen LogP contribution < -0.4 is 0 Å². The van der Waals surface area contributed by atoms with Crippen LogP contribution in [-0.2, 0) is 4.74 Å². The van der Waals surface area contributed by atoms with Gasteiger partial charge in [-0.2, -0.15) is 0 Å². The van der Waals surface area contributed by atoms with Crippen LogP contribution in [0.15, 0.2) is 0 Å². The van der Waals surface area contributed by atoms with E-state index in [1.165, 1.54) is 0 Å². The van der Waals surface area contributed by atoms with Crippen molar-refractivity contribution >= 4 is 8.07 Å². The summed E-state index contributed by atoms with van der Waals surface area (Å²) in [5.74, 6) is 3.83. The van der Waals surface area contributed by atoms with Crippen molar-refractivity contribution in [1.82, 2.24) is 0 Å². The van der Waals surface area contributed by atoms with Gasteiger partial charge in [0.25, 0.3) is 0 Å². The lowest BCUT2D eigenvalue weighted by Gasteiger charge is -2.02. The van der Waals surface area contributed by atoms with Gasteiger partial charge < -0.3 is 4.74 Å². The number of ether oxygens (including phenoxy) is 1. The maximum Gasteiger partial charge on any atom is 0.144 e. The van der Waals surface area contributed by atoms with Crippen molar-refractivity contribution in [2.75, 3.05) is 0 Å². The van der Waals surface area contributed by atoms with Crippen molar-refractivity contribution in [2.45, 2.75) is 45.7 Å². The second-order valence-corrected chi connectivity index (χ2v) is 9.53. The van der Waals surface area contributed by atoms with Crippen LogP contribution in [-0.4, -0.2) is 20.3 Å². The zero-order valence-electron chi connectivity index (χ0n) is 8.64. The summed E-state index contributed by atoms with van der Waals surface area (Å²) in [7, 11) is -1.19. The van der Waals surface area contributed by atoms with E-state index in [1.54, 1.807) is 0 Å². The van der Waals surface area contributed by atoms with Crippen LogP contribution in [0.4, 0.5) is 0 Å². The number of hydrogen-bond acceptors (Lipinski definition) is 1. The lowest BCUT2D eigenvalue weighted by atomic mass is 10.1. The first-order valence-electron chi connectivity index (χ1n) is 4.58. The maximum atomic E-state index is 5.42. The predicted octanol–water partition coefficient (Wildman–Crippen LogP) is 2.29. The number of hydrogen-bond donors (Lipinski definition) is 0. The Hall–Kier alpha value is -0.263. The largest absolute Gasteiger partial charge is 0.356 e. The second kappa shape index (κ2) is 3.24. The van der Waals surface area contributed by atoms with E-state index in [0.29, 0.717) is 12.0 Å². The minimum absolute atomic E-state index is 0.247. The first-order chi connectivity index (χ1) is 5.40. The first-order valence-corrected chi connectivity index (χ1v) is 8.08. The van der Waals surface area contributed by atoms with Crippen molar-refractivity contribution in [2.24, 2.45) is 5.92 Å². The molecule has 0 aromatic heterocycles. The highest BCUT2D eigenvalue weighted by Crippen LogP contribution is 2.28. The molecule has 0 saturated carbocycles. The Kier molecular flexibility index (Phi) is 2.65. The van der Waals surface area contributed by atoms with E-state index in [1.807, 2.05) is 0 Å². The van der Waals surface area contributed by atoms with Gasteiger partial charge in [0.15, 0.2) is 0 Å². The first kappa shape index (κ1) is 9.82. The standard InChI is InChI=1S/C10H18OSi/c1-8(2)10-9(11-10)6-7-12(3,4)5/h8-10H,1-5H3/t9-,10+/m0/s1. The van der Waals surface area contributed by atoms with Crippen molar-refractivity contribution in [3.05, 3.63) is 0 Å². The minimum Gasteiger partial charge on any atom is -0.356 e. The molecule has 12 heavy (non-hydrogen) atoms. The minimum atomic E-state index is -1.19. The summed E-state index contributed by atoms with van der Waals surface area (Å²) in [5, 5.41) is 0. The van der Waals surface area contributed by atoms with Crippen LogP contribution in [0, 0.1) is 17.4 Å². The summed E-state index contributed by atoms with van der Waals surface area (Å²) in [6.45, 7) is 11.1. The maximum absolute atomic E-state index is 5.42. The highest BCUT2D eigenvalue weighted by molar-refractivity contribution is 6.83. The Bertz CT molecular complexity index is 216. The molecule has 0 N–H and O–H groups in total. The average Bonchev–Trinajstić information content (AvgIpc) is 2.59. The van der Waals surface area contributed by atoms with E-state index in [-0.39, 0.29) is 6.10 Å². The fourth-order valence-electron chi connectivity index (χ4n) is 1.03. The van der Waals surface area contributed by atoms with Gasteiger partial charge in [-0.3, -0.25) is 0 Å². The van der Waals surface area contributed by atoms with Crippen LogP contribution in [0.1, 0.15) is 13.8 Å². The summed E-state index contributed by atoms with van der Waals surface area (Å²) in [5.41, 5.74) is 3.33. The summed E-state index contributed by atoms with van der Waals surface area (Å²) >= 11 is 0. The van der Waals surface area contributed by atoms with Gasteiger partial charge in [0.1, 0.15) is 14.2 Å². The lowest BCUT2D eigenvalue weighted by molar-refractivity contribution is 0.347. The monoisotopic (exact) mass is 182 g/mol. The van der Waals surface area contributed by atoms with Gasteiger partial charge in [0, 0.05) is 0 Å². The third kappa shape index (κ3) is 3.00. The molecule has 0 radical (unpaired) electrons. The van der Waals surface area contributed by atoms with Crippen LogP contribution >= 0.6 is 0 Å². The molecule has 0 unspecified atom stereocenters. The molecule has 1 heterocycles. The highest BCUT2D eigenvalue weighted by atomic mass is 28.3. The van der Waals surface area contributed by atoms with Gasteiger partial charge in [-0.15, -0.1) is 5.54 Å². The molecule has 2 heteroatoms. The third-order valence-corrected chi connectivity index (χ3v) is 2.67. The molecule has 0 aromatic rings. The topological polar surface area (TPSA) is 12.5 Å². The molecule has 1 fully saturated rings. The second-order valence-electron chi connectivity index (χ2n) is 4.78. The molecule has 1 aliphatic heterocycles. The van der Waals surface area contributed by atoms with Crippen molar-refractivity contribution in [1.29, 1.82) is 0 Å². The van der Waals surface area contributed by atoms with Crippen molar-refractivity contribution in [3.63, 3.8) is 0 Å². The van der Waals surface area contributed by atoms with Crippen molar-refractivity contribution < 1.29 is 4.74 Å². The molecule has 0 amide bonds. The van der Waals surface area contributed by atoms with Crippen LogP contribution in [0.3, 0.4) is 0 Å². The van der Waals surface area contributed by atoms with Gasteiger partial charge in [-0.05, 0) is 5.92 Å². The third-order valence-electron chi connectivity index (χ3n) is 1.77. The van der Waals surface area contributed by atoms with Crippen LogP contribution in [0.2, 0.25) is 19.6 Å². The van der Waals surface area contributed by atoms with Gasteiger partial charge >= 0.3 is 0 Å². The molecule has 1 rings (SSSR count). The number of rotatable bonds is 1. The summed E-state index contributed by atoms with van der Waals surface area (Å²) < 4.78 is 5.42. The quantitative estimate of drug-likeness (QED) is 0.344. The smallest absolute Gasteiger partial charge is 0.144 e. The van der Waals surface area contributed by atoms with E-state index in [9.17, 15) is 0 Å². The summed E-state index contributed by atoms with van der Waals surface area (Å²) in [6.07, 6.45) is 0.658. The van der Waals surface area contributed by atoms with E-state index in [0.717, 1.165) is 0 Å². The fourth-order valence-corrected chi connectivity index (χ4v) is 1.61. The lowest BCUT2D eigenvalue weighted by Crippen LogP contribution is -2.16. The van der Waals surface area contributed by atoms with E-state index in [2.05, 4.69) is 45.0 Å². The molecule has 68 valence electrons. The molecule has 1 aliphatic rings. The Morgan fingerprint density at radius 2 is 1.83 bits per heavy atom. The fraction of sp³-hybridized carbons (Fsp3) is 0.800.